The predicted octanol–water partition coefficient (Wildman–Crippen LogP) is 3.68. The predicted molar refractivity (Wildman–Crippen MR) is 131 cm³/mol. The van der Waals surface area contributed by atoms with Crippen molar-refractivity contribution in [3.8, 4) is 22.7 Å². The average molecular weight is 486 g/mol. The Hall–Kier alpha value is -2.78. The number of benzene rings is 2. The molecule has 0 spiro atoms. The van der Waals surface area contributed by atoms with Crippen LogP contribution in [0.1, 0.15) is 13.3 Å². The Balaban J connectivity index is 1.61. The lowest BCUT2D eigenvalue weighted by atomic mass is 10.1. The quantitative estimate of drug-likeness (QED) is 0.453. The first-order chi connectivity index (χ1) is 15.9. The molecule has 1 atom stereocenters. The van der Waals surface area contributed by atoms with Crippen molar-refractivity contribution in [2.75, 3.05) is 30.9 Å². The summed E-state index contributed by atoms with van der Waals surface area (Å²) in [5.41, 5.74) is 2.81. The number of amides is 1. The number of aromatic nitrogens is 2. The molecular weight excluding hydrogens is 458 g/mol. The molecule has 0 N–H and O–H groups in total. The van der Waals surface area contributed by atoms with Gasteiger partial charge in [0.1, 0.15) is 5.75 Å². The number of rotatable bonds is 8. The lowest BCUT2D eigenvalue weighted by Crippen LogP contribution is -2.42. The van der Waals surface area contributed by atoms with Gasteiger partial charge in [0, 0.05) is 24.2 Å². The average Bonchev–Trinajstić information content (AvgIpc) is 3.41. The molecule has 4 rings (SSSR count). The minimum absolute atomic E-state index is 0.0494. The van der Waals surface area contributed by atoms with E-state index >= 15 is 0 Å². The fourth-order valence-electron chi connectivity index (χ4n) is 4.12. The van der Waals surface area contributed by atoms with E-state index < -0.39 is 9.84 Å². The van der Waals surface area contributed by atoms with Gasteiger partial charge in [-0.2, -0.15) is 0 Å². The Labute approximate surface area is 198 Å². The van der Waals surface area contributed by atoms with Crippen LogP contribution in [0.4, 0.5) is 0 Å². The van der Waals surface area contributed by atoms with Gasteiger partial charge < -0.3 is 9.64 Å². The monoisotopic (exact) mass is 485 g/mol. The summed E-state index contributed by atoms with van der Waals surface area (Å²) in [6.45, 7) is 2.37. The fraction of sp³-hybridized carbons (Fsp3) is 0.333. The van der Waals surface area contributed by atoms with Crippen molar-refractivity contribution in [2.45, 2.75) is 24.5 Å². The Morgan fingerprint density at radius 1 is 1.21 bits per heavy atom. The van der Waals surface area contributed by atoms with Crippen LogP contribution in [0.3, 0.4) is 0 Å². The third-order valence-electron chi connectivity index (χ3n) is 5.75. The molecule has 0 aliphatic carbocycles. The van der Waals surface area contributed by atoms with Crippen LogP contribution < -0.4 is 4.74 Å². The minimum Gasteiger partial charge on any atom is -0.497 e. The third kappa shape index (κ3) is 5.25. The maximum atomic E-state index is 13.0. The van der Waals surface area contributed by atoms with E-state index in [1.165, 1.54) is 11.8 Å². The molecule has 0 unspecified atom stereocenters. The van der Waals surface area contributed by atoms with Crippen LogP contribution in [0.15, 0.2) is 66.0 Å². The Morgan fingerprint density at radius 3 is 2.67 bits per heavy atom. The van der Waals surface area contributed by atoms with E-state index in [2.05, 4.69) is 4.98 Å². The number of thioether (sulfide) groups is 1. The van der Waals surface area contributed by atoms with Crippen LogP contribution in [0, 0.1) is 0 Å². The molecule has 7 nitrogen and oxygen atoms in total. The molecule has 174 valence electrons. The smallest absolute Gasteiger partial charge is 0.233 e. The first kappa shape index (κ1) is 23.4. The lowest BCUT2D eigenvalue weighted by Gasteiger charge is -2.26. The van der Waals surface area contributed by atoms with Gasteiger partial charge in [0.05, 0.1) is 41.9 Å². The Morgan fingerprint density at radius 2 is 2.00 bits per heavy atom. The molecule has 2 heterocycles. The number of nitrogens with zero attached hydrogens (tertiary/aromatic N) is 3. The summed E-state index contributed by atoms with van der Waals surface area (Å²) in [5.74, 6) is 1.03. The van der Waals surface area contributed by atoms with E-state index in [1.54, 1.807) is 12.0 Å². The van der Waals surface area contributed by atoms with Gasteiger partial charge in [0.25, 0.3) is 0 Å². The first-order valence-corrected chi connectivity index (χ1v) is 13.6. The highest BCUT2D eigenvalue weighted by atomic mass is 32.2. The number of carbonyl (C=O) groups excluding carboxylic acids is 1. The van der Waals surface area contributed by atoms with Gasteiger partial charge in [-0.3, -0.25) is 9.36 Å². The highest BCUT2D eigenvalue weighted by molar-refractivity contribution is 7.99. The van der Waals surface area contributed by atoms with Gasteiger partial charge in [-0.15, -0.1) is 0 Å². The van der Waals surface area contributed by atoms with Gasteiger partial charge in [0.15, 0.2) is 15.0 Å². The molecule has 33 heavy (non-hydrogen) atoms. The lowest BCUT2D eigenvalue weighted by molar-refractivity contribution is -0.129. The van der Waals surface area contributed by atoms with E-state index in [1.807, 2.05) is 72.3 Å². The SMILES string of the molecule is CCN(C(=O)CSc1ncc(-c2ccccc2)n1-c1cccc(OC)c1)[C@@H]1CCS(=O)(=O)C1. The van der Waals surface area contributed by atoms with Gasteiger partial charge in [-0.1, -0.05) is 48.2 Å². The van der Waals surface area contributed by atoms with E-state index in [-0.39, 0.29) is 29.2 Å². The normalized spacial score (nSPS) is 17.1. The highest BCUT2D eigenvalue weighted by Gasteiger charge is 2.34. The zero-order chi connectivity index (χ0) is 23.4. The Kier molecular flexibility index (Phi) is 7.09. The fourth-order valence-corrected chi connectivity index (χ4v) is 6.73. The standard InChI is InChI=1S/C24H27N3O4S2/c1-3-26(20-12-13-33(29,30)17-20)23(28)16-32-24-25-15-22(18-8-5-4-6-9-18)27(24)19-10-7-11-21(14-19)31-2/h4-11,14-15,20H,3,12-13,16-17H2,1-2H3/t20-/m1/s1. The van der Waals surface area contributed by atoms with Crippen molar-refractivity contribution in [1.82, 2.24) is 14.5 Å². The van der Waals surface area contributed by atoms with E-state index in [9.17, 15) is 13.2 Å². The number of hydrogen-bond acceptors (Lipinski definition) is 6. The molecule has 1 fully saturated rings. The summed E-state index contributed by atoms with van der Waals surface area (Å²) in [6.07, 6.45) is 2.31. The molecular formula is C24H27N3O4S2. The highest BCUT2D eigenvalue weighted by Crippen LogP contribution is 2.31. The second-order valence-corrected chi connectivity index (χ2v) is 11.0. The number of carbonyl (C=O) groups is 1. The zero-order valence-corrected chi connectivity index (χ0v) is 20.3. The topological polar surface area (TPSA) is 81.5 Å². The van der Waals surface area contributed by atoms with Gasteiger partial charge in [0.2, 0.25) is 5.91 Å². The Bertz CT molecular complexity index is 1230. The van der Waals surface area contributed by atoms with Crippen LogP contribution >= 0.6 is 11.8 Å². The molecule has 0 bridgehead atoms. The molecule has 1 amide bonds. The first-order valence-electron chi connectivity index (χ1n) is 10.8. The number of ether oxygens (including phenoxy) is 1. The van der Waals surface area contributed by atoms with Crippen molar-refractivity contribution < 1.29 is 17.9 Å². The summed E-state index contributed by atoms with van der Waals surface area (Å²) in [4.78, 5) is 19.3. The van der Waals surface area contributed by atoms with Gasteiger partial charge >= 0.3 is 0 Å². The van der Waals surface area contributed by atoms with Crippen molar-refractivity contribution in [2.24, 2.45) is 0 Å². The number of hydrogen-bond donors (Lipinski definition) is 0. The van der Waals surface area contributed by atoms with E-state index in [0.29, 0.717) is 18.1 Å². The molecule has 1 aromatic heterocycles. The van der Waals surface area contributed by atoms with Crippen molar-refractivity contribution in [3.05, 3.63) is 60.8 Å². The maximum Gasteiger partial charge on any atom is 0.233 e. The van der Waals surface area contributed by atoms with Gasteiger partial charge in [-0.25, -0.2) is 13.4 Å². The molecule has 3 aromatic rings. The third-order valence-corrected chi connectivity index (χ3v) is 8.43. The molecule has 0 saturated carbocycles. The van der Waals surface area contributed by atoms with Crippen molar-refractivity contribution in [3.63, 3.8) is 0 Å². The summed E-state index contributed by atoms with van der Waals surface area (Å²) in [5, 5.41) is 0.686. The van der Waals surface area contributed by atoms with Crippen LogP contribution in [-0.2, 0) is 14.6 Å². The summed E-state index contributed by atoms with van der Waals surface area (Å²) >= 11 is 1.35. The van der Waals surface area contributed by atoms with Gasteiger partial charge in [-0.05, 0) is 25.5 Å². The van der Waals surface area contributed by atoms with Crippen LogP contribution in [0.5, 0.6) is 5.75 Å². The largest absolute Gasteiger partial charge is 0.497 e. The summed E-state index contributed by atoms with van der Waals surface area (Å²) in [7, 11) is -1.43. The summed E-state index contributed by atoms with van der Waals surface area (Å²) < 4.78 is 31.2. The van der Waals surface area contributed by atoms with Crippen molar-refractivity contribution in [1.29, 1.82) is 0 Å². The van der Waals surface area contributed by atoms with Crippen molar-refractivity contribution >= 4 is 27.5 Å². The molecule has 0 radical (unpaired) electrons. The summed E-state index contributed by atoms with van der Waals surface area (Å²) in [6, 6.07) is 17.4. The van der Waals surface area contributed by atoms with E-state index in [0.717, 1.165) is 22.7 Å². The molecule has 9 heteroatoms. The molecule has 2 aromatic carbocycles. The second kappa shape index (κ2) is 10.0. The van der Waals surface area contributed by atoms with E-state index in [4.69, 9.17) is 4.74 Å². The van der Waals surface area contributed by atoms with Crippen LogP contribution in [0.2, 0.25) is 0 Å². The number of imidazole rings is 1. The van der Waals surface area contributed by atoms with Crippen LogP contribution in [-0.4, -0.2) is 65.7 Å². The maximum absolute atomic E-state index is 13.0. The minimum atomic E-state index is -3.06. The number of methoxy groups -OCH3 is 1. The second-order valence-electron chi connectivity index (χ2n) is 7.85. The van der Waals surface area contributed by atoms with Crippen LogP contribution in [0.25, 0.3) is 16.9 Å². The molecule has 1 aliphatic rings. The molecule has 1 saturated heterocycles. The number of sulfone groups is 1. The zero-order valence-electron chi connectivity index (χ0n) is 18.7. The molecule has 1 aliphatic heterocycles.